The van der Waals surface area contributed by atoms with Crippen molar-refractivity contribution in [2.45, 2.75) is 18.1 Å². The van der Waals surface area contributed by atoms with Crippen molar-refractivity contribution >= 4 is 41.0 Å². The summed E-state index contributed by atoms with van der Waals surface area (Å²) in [5.74, 6) is 0.237. The van der Waals surface area contributed by atoms with Gasteiger partial charge in [0, 0.05) is 6.20 Å². The average Bonchev–Trinajstić information content (AvgIpc) is 2.38. The number of hydrogen-bond donors (Lipinski definition) is 4. The number of pyridine rings is 1. The van der Waals surface area contributed by atoms with Gasteiger partial charge in [-0.05, 0) is 12.1 Å². The van der Waals surface area contributed by atoms with Gasteiger partial charge in [0.25, 0.3) is 0 Å². The van der Waals surface area contributed by atoms with Gasteiger partial charge in [-0.15, -0.1) is 11.8 Å². The first-order chi connectivity index (χ1) is 9.52. The van der Waals surface area contributed by atoms with Crippen molar-refractivity contribution in [1.29, 1.82) is 0 Å². The molecule has 5 N–H and O–H groups in total. The van der Waals surface area contributed by atoms with Crippen LogP contribution in [0.15, 0.2) is 18.3 Å². The molecule has 1 fully saturated rings. The molecule has 1 aliphatic heterocycles. The fraction of sp³-hybridized carbons (Fsp3) is 0.364. The Balaban J connectivity index is 1.77. The van der Waals surface area contributed by atoms with Crippen LogP contribution < -0.4 is 21.7 Å². The summed E-state index contributed by atoms with van der Waals surface area (Å²) in [5, 5.41) is 8.79. The highest BCUT2D eigenvalue weighted by atomic mass is 35.5. The Hall–Kier alpha value is -1.35. The van der Waals surface area contributed by atoms with Gasteiger partial charge >= 0.3 is 0 Å². The van der Waals surface area contributed by atoms with Crippen molar-refractivity contribution in [3.63, 3.8) is 0 Å². The largest absolute Gasteiger partial charge is 0.332 e. The molecule has 0 bridgehead atoms. The zero-order valence-electron chi connectivity index (χ0n) is 10.4. The SMILES string of the molecule is NC1CC(=O)NC(SCC(=O)Nc2ccc(Cl)cn2)N1. The summed E-state index contributed by atoms with van der Waals surface area (Å²) in [7, 11) is 0. The van der Waals surface area contributed by atoms with E-state index in [0.717, 1.165) is 0 Å². The highest BCUT2D eigenvalue weighted by molar-refractivity contribution is 8.00. The maximum absolute atomic E-state index is 11.7. The topological polar surface area (TPSA) is 109 Å². The van der Waals surface area contributed by atoms with E-state index in [0.29, 0.717) is 10.8 Å². The van der Waals surface area contributed by atoms with Crippen LogP contribution in [0.2, 0.25) is 5.02 Å². The molecule has 0 aromatic carbocycles. The Bertz CT molecular complexity index is 498. The number of nitrogens with one attached hydrogen (secondary N) is 3. The lowest BCUT2D eigenvalue weighted by Crippen LogP contribution is -2.58. The fourth-order valence-corrected chi connectivity index (χ4v) is 2.57. The Morgan fingerprint density at radius 2 is 2.40 bits per heavy atom. The molecule has 1 aliphatic rings. The van der Waals surface area contributed by atoms with E-state index < -0.39 is 0 Å². The molecule has 1 saturated heterocycles. The molecule has 108 valence electrons. The molecule has 2 unspecified atom stereocenters. The van der Waals surface area contributed by atoms with Gasteiger partial charge in [-0.2, -0.15) is 0 Å². The molecule has 2 rings (SSSR count). The van der Waals surface area contributed by atoms with Gasteiger partial charge in [-0.3, -0.25) is 14.9 Å². The first kappa shape index (κ1) is 15.0. The van der Waals surface area contributed by atoms with Gasteiger partial charge in [0.05, 0.1) is 23.4 Å². The van der Waals surface area contributed by atoms with E-state index in [1.807, 2.05) is 0 Å². The van der Waals surface area contributed by atoms with Crippen molar-refractivity contribution in [2.75, 3.05) is 11.1 Å². The van der Waals surface area contributed by atoms with Crippen LogP contribution in [0.4, 0.5) is 5.82 Å². The van der Waals surface area contributed by atoms with Crippen LogP contribution in [0.3, 0.4) is 0 Å². The van der Waals surface area contributed by atoms with Crippen molar-refractivity contribution < 1.29 is 9.59 Å². The summed E-state index contributed by atoms with van der Waals surface area (Å²) < 4.78 is 0. The zero-order chi connectivity index (χ0) is 14.5. The third kappa shape index (κ3) is 4.64. The number of hydrogen-bond acceptors (Lipinski definition) is 6. The van der Waals surface area contributed by atoms with Crippen LogP contribution in [-0.4, -0.2) is 34.2 Å². The monoisotopic (exact) mass is 315 g/mol. The highest BCUT2D eigenvalue weighted by Gasteiger charge is 2.23. The summed E-state index contributed by atoms with van der Waals surface area (Å²) in [4.78, 5) is 27.0. The van der Waals surface area contributed by atoms with E-state index in [-0.39, 0.29) is 35.7 Å². The smallest absolute Gasteiger partial charge is 0.235 e. The number of amides is 2. The minimum atomic E-state index is -0.387. The van der Waals surface area contributed by atoms with Gasteiger partial charge in [-0.25, -0.2) is 4.98 Å². The van der Waals surface area contributed by atoms with Crippen molar-refractivity contribution in [2.24, 2.45) is 5.73 Å². The molecule has 1 aromatic rings. The first-order valence-corrected chi connectivity index (χ1v) is 7.29. The molecule has 20 heavy (non-hydrogen) atoms. The van der Waals surface area contributed by atoms with Gasteiger partial charge in [-0.1, -0.05) is 11.6 Å². The molecule has 2 amide bonds. The van der Waals surface area contributed by atoms with Crippen LogP contribution in [0.1, 0.15) is 6.42 Å². The lowest BCUT2D eigenvalue weighted by Gasteiger charge is -2.28. The molecule has 2 atom stereocenters. The number of aromatic nitrogens is 1. The number of nitrogens with zero attached hydrogens (tertiary/aromatic N) is 1. The predicted molar refractivity (Wildman–Crippen MR) is 78.0 cm³/mol. The number of rotatable bonds is 4. The van der Waals surface area contributed by atoms with Crippen LogP contribution >= 0.6 is 23.4 Å². The van der Waals surface area contributed by atoms with E-state index in [9.17, 15) is 9.59 Å². The van der Waals surface area contributed by atoms with Crippen molar-refractivity contribution in [3.8, 4) is 0 Å². The fourth-order valence-electron chi connectivity index (χ4n) is 1.58. The maximum Gasteiger partial charge on any atom is 0.235 e. The quantitative estimate of drug-likeness (QED) is 0.627. The molecule has 9 heteroatoms. The molecule has 2 heterocycles. The Labute approximate surface area is 125 Å². The van der Waals surface area contributed by atoms with E-state index in [2.05, 4.69) is 20.9 Å². The number of thioether (sulfide) groups is 1. The van der Waals surface area contributed by atoms with Gasteiger partial charge in [0.1, 0.15) is 11.3 Å². The van der Waals surface area contributed by atoms with Gasteiger partial charge in [0.2, 0.25) is 11.8 Å². The highest BCUT2D eigenvalue weighted by Crippen LogP contribution is 2.12. The van der Waals surface area contributed by atoms with Crippen molar-refractivity contribution in [3.05, 3.63) is 23.4 Å². The Morgan fingerprint density at radius 1 is 1.60 bits per heavy atom. The third-order valence-corrected chi connectivity index (χ3v) is 3.68. The predicted octanol–water partition coefficient (Wildman–Crippen LogP) is 0.0846. The molecule has 7 nitrogen and oxygen atoms in total. The van der Waals surface area contributed by atoms with E-state index in [4.69, 9.17) is 17.3 Å². The second-order valence-corrected chi connectivity index (χ2v) is 5.68. The summed E-state index contributed by atoms with van der Waals surface area (Å²) in [5.41, 5.74) is 5.29. The lowest BCUT2D eigenvalue weighted by atomic mass is 10.3. The summed E-state index contributed by atoms with van der Waals surface area (Å²) in [6.45, 7) is 0. The molecule has 0 spiro atoms. The van der Waals surface area contributed by atoms with Crippen LogP contribution in [0.25, 0.3) is 0 Å². The first-order valence-electron chi connectivity index (χ1n) is 5.87. The van der Waals surface area contributed by atoms with E-state index in [1.165, 1.54) is 18.0 Å². The van der Waals surface area contributed by atoms with Crippen LogP contribution in [0.5, 0.6) is 0 Å². The van der Waals surface area contributed by atoms with Gasteiger partial charge < -0.3 is 16.4 Å². The second-order valence-electron chi connectivity index (χ2n) is 4.15. The number of halogens is 1. The Morgan fingerprint density at radius 3 is 3.05 bits per heavy atom. The normalized spacial score (nSPS) is 22.2. The standard InChI is InChI=1S/C11H14ClN5O2S/c12-6-1-2-8(14-4-6)16-10(19)5-20-11-15-7(13)3-9(18)17-11/h1-2,4,7,11,15H,3,5,13H2,(H,17,18)(H,14,16,19). The van der Waals surface area contributed by atoms with E-state index in [1.54, 1.807) is 12.1 Å². The van der Waals surface area contributed by atoms with Crippen LogP contribution in [-0.2, 0) is 9.59 Å². The van der Waals surface area contributed by atoms with Crippen molar-refractivity contribution in [1.82, 2.24) is 15.6 Å². The summed E-state index contributed by atoms with van der Waals surface area (Å²) >= 11 is 6.95. The van der Waals surface area contributed by atoms with E-state index >= 15 is 0 Å². The summed E-state index contributed by atoms with van der Waals surface area (Å²) in [6.07, 6.45) is 1.30. The lowest BCUT2D eigenvalue weighted by molar-refractivity contribution is -0.123. The molecule has 0 aliphatic carbocycles. The molecule has 0 saturated carbocycles. The maximum atomic E-state index is 11.7. The van der Waals surface area contributed by atoms with Crippen LogP contribution in [0, 0.1) is 0 Å². The second kappa shape index (κ2) is 6.89. The molecular formula is C11H14ClN5O2S. The number of anilines is 1. The zero-order valence-corrected chi connectivity index (χ0v) is 12.0. The minimum Gasteiger partial charge on any atom is -0.332 e. The summed E-state index contributed by atoms with van der Waals surface area (Å²) in [6, 6.07) is 3.25. The molecule has 1 aromatic heterocycles. The molecule has 0 radical (unpaired) electrons. The third-order valence-electron chi connectivity index (χ3n) is 2.44. The van der Waals surface area contributed by atoms with Gasteiger partial charge in [0.15, 0.2) is 0 Å². The minimum absolute atomic E-state index is 0.131. The number of carbonyl (C=O) groups excluding carboxylic acids is 2. The number of nitrogens with two attached hydrogens (primary N) is 1. The average molecular weight is 316 g/mol. The Kier molecular flexibility index (Phi) is 5.18. The molecular weight excluding hydrogens is 302 g/mol. The number of carbonyl (C=O) groups is 2.